The summed E-state index contributed by atoms with van der Waals surface area (Å²) in [5.74, 6) is -0.392. The molecule has 1 atom stereocenters. The van der Waals surface area contributed by atoms with Gasteiger partial charge in [-0.05, 0) is 29.2 Å². The fourth-order valence-electron chi connectivity index (χ4n) is 1.86. The molecule has 0 spiro atoms. The van der Waals surface area contributed by atoms with Crippen LogP contribution in [-0.2, 0) is 16.0 Å². The second kappa shape index (κ2) is 9.34. The highest BCUT2D eigenvalue weighted by Gasteiger charge is 2.13. The average molecular weight is 329 g/mol. The van der Waals surface area contributed by atoms with Gasteiger partial charge in [-0.1, -0.05) is 30.3 Å². The first-order valence-corrected chi connectivity index (χ1v) is 6.03. The van der Waals surface area contributed by atoms with Crippen LogP contribution in [0.5, 0.6) is 0 Å². The summed E-state index contributed by atoms with van der Waals surface area (Å²) in [6.07, 6.45) is 4.03. The Hall–Kier alpha value is -1.62. The van der Waals surface area contributed by atoms with E-state index in [4.69, 9.17) is 5.73 Å². The zero-order valence-corrected chi connectivity index (χ0v) is 13.2. The lowest BCUT2D eigenvalue weighted by molar-refractivity contribution is -0.142. The van der Waals surface area contributed by atoms with Gasteiger partial charge in [-0.25, -0.2) is 0 Å². The SMILES string of the molecule is COC(=O)[C@@H](N)Cc1ccc(-c2cccnc2)cc1.Cl.Cl. The van der Waals surface area contributed by atoms with E-state index in [2.05, 4.69) is 9.72 Å². The molecule has 0 unspecified atom stereocenters. The number of hydrogen-bond acceptors (Lipinski definition) is 4. The summed E-state index contributed by atoms with van der Waals surface area (Å²) in [5.41, 5.74) is 8.88. The van der Waals surface area contributed by atoms with Crippen molar-refractivity contribution in [3.63, 3.8) is 0 Å². The highest BCUT2D eigenvalue weighted by molar-refractivity contribution is 5.85. The summed E-state index contributed by atoms with van der Waals surface area (Å²) in [5, 5.41) is 0. The van der Waals surface area contributed by atoms with E-state index in [9.17, 15) is 4.79 Å². The Morgan fingerprint density at radius 2 is 1.86 bits per heavy atom. The van der Waals surface area contributed by atoms with Crippen LogP contribution >= 0.6 is 24.8 Å². The fraction of sp³-hybridized carbons (Fsp3) is 0.200. The van der Waals surface area contributed by atoms with Gasteiger partial charge in [0.25, 0.3) is 0 Å². The molecule has 0 aliphatic heterocycles. The number of carbonyl (C=O) groups excluding carboxylic acids is 1. The lowest BCUT2D eigenvalue weighted by Gasteiger charge is -2.09. The van der Waals surface area contributed by atoms with Crippen LogP contribution in [0.2, 0.25) is 0 Å². The number of halogens is 2. The summed E-state index contributed by atoms with van der Waals surface area (Å²) < 4.78 is 4.61. The molecular formula is C15H18Cl2N2O2. The van der Waals surface area contributed by atoms with E-state index >= 15 is 0 Å². The summed E-state index contributed by atoms with van der Waals surface area (Å²) in [6.45, 7) is 0. The molecule has 114 valence electrons. The Balaban J connectivity index is 0.00000200. The van der Waals surface area contributed by atoms with Gasteiger partial charge in [0.05, 0.1) is 7.11 Å². The molecule has 4 nitrogen and oxygen atoms in total. The van der Waals surface area contributed by atoms with Gasteiger partial charge in [0.15, 0.2) is 0 Å². The van der Waals surface area contributed by atoms with Crippen LogP contribution in [0.3, 0.4) is 0 Å². The van der Waals surface area contributed by atoms with Crippen molar-refractivity contribution in [1.82, 2.24) is 4.98 Å². The van der Waals surface area contributed by atoms with Crippen LogP contribution in [-0.4, -0.2) is 24.1 Å². The monoisotopic (exact) mass is 328 g/mol. The third-order valence-corrected chi connectivity index (χ3v) is 2.91. The molecule has 0 aliphatic rings. The number of hydrogen-bond donors (Lipinski definition) is 1. The predicted octanol–water partition coefficient (Wildman–Crippen LogP) is 2.64. The number of rotatable bonds is 4. The molecule has 0 amide bonds. The Bertz CT molecular complexity index is 547. The Labute approximate surface area is 136 Å². The second-order valence-corrected chi connectivity index (χ2v) is 4.27. The average Bonchev–Trinajstić information content (AvgIpc) is 2.48. The first kappa shape index (κ1) is 19.4. The number of aromatic nitrogens is 1. The molecule has 0 fully saturated rings. The molecule has 1 aromatic heterocycles. The van der Waals surface area contributed by atoms with Crippen LogP contribution in [0.15, 0.2) is 48.8 Å². The number of pyridine rings is 1. The van der Waals surface area contributed by atoms with Crippen molar-refractivity contribution >= 4 is 30.8 Å². The topological polar surface area (TPSA) is 65.2 Å². The summed E-state index contributed by atoms with van der Waals surface area (Å²) in [6, 6.07) is 11.2. The van der Waals surface area contributed by atoms with Crippen molar-refractivity contribution in [1.29, 1.82) is 0 Å². The van der Waals surface area contributed by atoms with Crippen LogP contribution < -0.4 is 5.73 Å². The quantitative estimate of drug-likeness (QED) is 0.876. The molecule has 2 rings (SSSR count). The van der Waals surface area contributed by atoms with Crippen LogP contribution in [0.25, 0.3) is 11.1 Å². The maximum atomic E-state index is 11.2. The van der Waals surface area contributed by atoms with Crippen LogP contribution in [0.1, 0.15) is 5.56 Å². The maximum Gasteiger partial charge on any atom is 0.322 e. The Morgan fingerprint density at radius 3 is 2.38 bits per heavy atom. The van der Waals surface area contributed by atoms with E-state index in [0.29, 0.717) is 6.42 Å². The molecule has 0 saturated carbocycles. The third kappa shape index (κ3) is 5.34. The number of ether oxygens (including phenoxy) is 1. The lowest BCUT2D eigenvalue weighted by Crippen LogP contribution is -2.33. The number of benzene rings is 1. The molecule has 2 N–H and O–H groups in total. The van der Waals surface area contributed by atoms with E-state index in [1.165, 1.54) is 7.11 Å². The zero-order valence-electron chi connectivity index (χ0n) is 11.6. The molecule has 21 heavy (non-hydrogen) atoms. The molecule has 2 aromatic rings. The molecule has 0 aliphatic carbocycles. The first-order valence-electron chi connectivity index (χ1n) is 6.03. The summed E-state index contributed by atoms with van der Waals surface area (Å²) in [7, 11) is 1.34. The number of carbonyl (C=O) groups is 1. The minimum atomic E-state index is -0.616. The number of methoxy groups -OCH3 is 1. The van der Waals surface area contributed by atoms with Crippen molar-refractivity contribution in [2.45, 2.75) is 12.5 Å². The standard InChI is InChI=1S/C15H16N2O2.2ClH/c1-19-15(18)14(16)9-11-4-6-12(7-5-11)13-3-2-8-17-10-13;;/h2-8,10,14H,9,16H2,1H3;2*1H/t14-;;/m0../s1. The van der Waals surface area contributed by atoms with Gasteiger partial charge in [-0.2, -0.15) is 0 Å². The highest BCUT2D eigenvalue weighted by Crippen LogP contribution is 2.18. The largest absolute Gasteiger partial charge is 0.468 e. The fourth-order valence-corrected chi connectivity index (χ4v) is 1.86. The van der Waals surface area contributed by atoms with Crippen molar-refractivity contribution in [3.05, 3.63) is 54.4 Å². The molecular weight excluding hydrogens is 311 g/mol. The lowest BCUT2D eigenvalue weighted by atomic mass is 10.0. The van der Waals surface area contributed by atoms with E-state index in [1.807, 2.05) is 42.6 Å². The van der Waals surface area contributed by atoms with E-state index in [0.717, 1.165) is 16.7 Å². The zero-order chi connectivity index (χ0) is 13.7. The van der Waals surface area contributed by atoms with Gasteiger partial charge in [-0.15, -0.1) is 24.8 Å². The number of nitrogens with two attached hydrogens (primary N) is 1. The van der Waals surface area contributed by atoms with Gasteiger partial charge in [0.2, 0.25) is 0 Å². The molecule has 0 bridgehead atoms. The smallest absolute Gasteiger partial charge is 0.322 e. The molecule has 0 saturated heterocycles. The molecule has 1 heterocycles. The predicted molar refractivity (Wildman–Crippen MR) is 87.9 cm³/mol. The highest BCUT2D eigenvalue weighted by atomic mass is 35.5. The number of esters is 1. The molecule has 6 heteroatoms. The first-order chi connectivity index (χ1) is 9.20. The normalized spacial score (nSPS) is 10.8. The Morgan fingerprint density at radius 1 is 1.19 bits per heavy atom. The van der Waals surface area contributed by atoms with Gasteiger partial charge in [0.1, 0.15) is 6.04 Å². The molecule has 1 aromatic carbocycles. The van der Waals surface area contributed by atoms with E-state index in [1.54, 1.807) is 6.20 Å². The van der Waals surface area contributed by atoms with Crippen molar-refractivity contribution in [2.24, 2.45) is 5.73 Å². The van der Waals surface area contributed by atoms with Crippen LogP contribution in [0.4, 0.5) is 0 Å². The minimum absolute atomic E-state index is 0. The summed E-state index contributed by atoms with van der Waals surface area (Å²) >= 11 is 0. The van der Waals surface area contributed by atoms with Gasteiger partial charge in [0, 0.05) is 12.4 Å². The minimum Gasteiger partial charge on any atom is -0.468 e. The van der Waals surface area contributed by atoms with Crippen molar-refractivity contribution in [3.8, 4) is 11.1 Å². The second-order valence-electron chi connectivity index (χ2n) is 4.27. The van der Waals surface area contributed by atoms with Gasteiger partial charge >= 0.3 is 5.97 Å². The molecule has 0 radical (unpaired) electrons. The Kier molecular flexibility index (Phi) is 8.62. The van der Waals surface area contributed by atoms with Crippen molar-refractivity contribution < 1.29 is 9.53 Å². The summed E-state index contributed by atoms with van der Waals surface area (Å²) in [4.78, 5) is 15.3. The van der Waals surface area contributed by atoms with Crippen molar-refractivity contribution in [2.75, 3.05) is 7.11 Å². The van der Waals surface area contributed by atoms with E-state index in [-0.39, 0.29) is 24.8 Å². The third-order valence-electron chi connectivity index (χ3n) is 2.91. The van der Waals surface area contributed by atoms with E-state index < -0.39 is 12.0 Å². The maximum absolute atomic E-state index is 11.2. The number of nitrogens with zero attached hydrogens (tertiary/aromatic N) is 1. The van der Waals surface area contributed by atoms with Gasteiger partial charge in [-0.3, -0.25) is 9.78 Å². The van der Waals surface area contributed by atoms with Gasteiger partial charge < -0.3 is 10.5 Å². The van der Waals surface area contributed by atoms with Crippen LogP contribution in [0, 0.1) is 0 Å².